The summed E-state index contributed by atoms with van der Waals surface area (Å²) in [6, 6.07) is 12.8. The fourth-order valence-electron chi connectivity index (χ4n) is 3.34. The van der Waals surface area contributed by atoms with Crippen LogP contribution in [0.4, 0.5) is 0 Å². The fraction of sp³-hybridized carbons (Fsp3) is 0.240. The molecule has 0 bridgehead atoms. The first-order valence-electron chi connectivity index (χ1n) is 10.0. The lowest BCUT2D eigenvalue weighted by Crippen LogP contribution is -2.18. The first-order valence-corrected chi connectivity index (χ1v) is 10.0. The molecule has 0 amide bonds. The van der Waals surface area contributed by atoms with Gasteiger partial charge >= 0.3 is 11.9 Å². The lowest BCUT2D eigenvalue weighted by molar-refractivity contribution is -0.147. The van der Waals surface area contributed by atoms with Crippen molar-refractivity contribution in [1.29, 1.82) is 0 Å². The van der Waals surface area contributed by atoms with E-state index in [0.717, 1.165) is 16.5 Å². The van der Waals surface area contributed by atoms with Crippen LogP contribution in [0.5, 0.6) is 11.5 Å². The summed E-state index contributed by atoms with van der Waals surface area (Å²) in [5.74, 6) is -0.206. The second kappa shape index (κ2) is 10.4. The van der Waals surface area contributed by atoms with Gasteiger partial charge in [0.15, 0.2) is 18.1 Å². The predicted octanol–water partition coefficient (Wildman–Crippen LogP) is 4.49. The normalized spacial score (nSPS) is 10.9. The molecule has 0 radical (unpaired) electrons. The number of ether oxygens (including phenoxy) is 4. The zero-order valence-corrected chi connectivity index (χ0v) is 18.5. The minimum atomic E-state index is -0.604. The Kier molecular flexibility index (Phi) is 7.44. The molecular weight excluding hydrogens is 410 g/mol. The molecule has 32 heavy (non-hydrogen) atoms. The molecule has 0 aliphatic heterocycles. The molecule has 0 fully saturated rings. The molecule has 0 N–H and O–H groups in total. The van der Waals surface area contributed by atoms with E-state index in [2.05, 4.69) is 4.98 Å². The van der Waals surface area contributed by atoms with Gasteiger partial charge in [0.05, 0.1) is 31.0 Å². The van der Waals surface area contributed by atoms with E-state index >= 15 is 0 Å². The molecule has 1 heterocycles. The Bertz CT molecular complexity index is 1170. The zero-order chi connectivity index (χ0) is 23.1. The van der Waals surface area contributed by atoms with Gasteiger partial charge in [0, 0.05) is 5.39 Å². The number of aryl methyl sites for hydroxylation is 1. The molecule has 0 spiro atoms. The van der Waals surface area contributed by atoms with Crippen molar-refractivity contribution in [3.8, 4) is 11.5 Å². The number of pyridine rings is 1. The van der Waals surface area contributed by atoms with E-state index in [1.54, 1.807) is 6.07 Å². The number of rotatable bonds is 8. The third kappa shape index (κ3) is 5.06. The van der Waals surface area contributed by atoms with Crippen LogP contribution in [0.15, 0.2) is 48.5 Å². The monoisotopic (exact) mass is 435 g/mol. The quantitative estimate of drug-likeness (QED) is 0.482. The Morgan fingerprint density at radius 2 is 1.84 bits per heavy atom. The number of carbonyl (C=O) groups excluding carboxylic acids is 2. The molecule has 2 aromatic carbocycles. The van der Waals surface area contributed by atoms with E-state index < -0.39 is 11.9 Å². The minimum absolute atomic E-state index is 0.185. The van der Waals surface area contributed by atoms with Gasteiger partial charge in [-0.2, -0.15) is 0 Å². The molecule has 1 aromatic heterocycles. The van der Waals surface area contributed by atoms with Crippen LogP contribution in [0.3, 0.4) is 0 Å². The predicted molar refractivity (Wildman–Crippen MR) is 121 cm³/mol. The maximum Gasteiger partial charge on any atom is 0.344 e. The van der Waals surface area contributed by atoms with E-state index in [1.807, 2.05) is 62.4 Å². The zero-order valence-electron chi connectivity index (χ0n) is 18.5. The average Bonchev–Trinajstić information content (AvgIpc) is 2.81. The summed E-state index contributed by atoms with van der Waals surface area (Å²) in [6.07, 6.45) is 3.84. The van der Waals surface area contributed by atoms with Gasteiger partial charge in [-0.3, -0.25) is 0 Å². The van der Waals surface area contributed by atoms with E-state index in [1.165, 1.54) is 14.2 Å². The topological polar surface area (TPSA) is 84.0 Å². The summed E-state index contributed by atoms with van der Waals surface area (Å²) in [5.41, 5.74) is 2.99. The van der Waals surface area contributed by atoms with Crippen molar-refractivity contribution in [2.75, 3.05) is 20.8 Å². The van der Waals surface area contributed by atoms with Crippen molar-refractivity contribution < 1.29 is 28.5 Å². The van der Waals surface area contributed by atoms with E-state index in [9.17, 15) is 9.59 Å². The lowest BCUT2D eigenvalue weighted by atomic mass is 10.0. The van der Waals surface area contributed by atoms with Crippen molar-refractivity contribution >= 4 is 28.9 Å². The fourth-order valence-corrected chi connectivity index (χ4v) is 3.34. The Hall–Kier alpha value is -3.87. The third-order valence-corrected chi connectivity index (χ3v) is 4.88. The maximum absolute atomic E-state index is 12.4. The van der Waals surface area contributed by atoms with Crippen molar-refractivity contribution in [2.24, 2.45) is 0 Å². The second-order valence-electron chi connectivity index (χ2n) is 6.93. The number of nitrogens with zero attached hydrogens (tertiary/aromatic N) is 1. The molecule has 166 valence electrons. The van der Waals surface area contributed by atoms with Gasteiger partial charge in [-0.25, -0.2) is 14.6 Å². The van der Waals surface area contributed by atoms with Crippen LogP contribution < -0.4 is 9.47 Å². The maximum atomic E-state index is 12.4. The molecule has 7 nitrogen and oxygen atoms in total. The van der Waals surface area contributed by atoms with E-state index in [-0.39, 0.29) is 13.2 Å². The molecule has 0 saturated carbocycles. The lowest BCUT2D eigenvalue weighted by Gasteiger charge is -2.14. The molecule has 7 heteroatoms. The van der Waals surface area contributed by atoms with Gasteiger partial charge in [0.25, 0.3) is 0 Å². The van der Waals surface area contributed by atoms with E-state index in [0.29, 0.717) is 28.3 Å². The minimum Gasteiger partial charge on any atom is -0.493 e. The molecule has 3 aromatic rings. The molecule has 3 rings (SSSR count). The largest absolute Gasteiger partial charge is 0.493 e. The smallest absolute Gasteiger partial charge is 0.344 e. The van der Waals surface area contributed by atoms with Crippen LogP contribution in [0, 0.1) is 6.92 Å². The van der Waals surface area contributed by atoms with Gasteiger partial charge in [-0.05, 0) is 43.2 Å². The van der Waals surface area contributed by atoms with Gasteiger partial charge in [-0.1, -0.05) is 36.4 Å². The first-order chi connectivity index (χ1) is 15.5. The number of allylic oxidation sites excluding steroid dienone is 1. The van der Waals surface area contributed by atoms with Crippen molar-refractivity contribution in [3.63, 3.8) is 0 Å². The summed E-state index contributed by atoms with van der Waals surface area (Å²) in [5, 5.41) is 0.833. The number of carbonyl (C=O) groups is 2. The highest BCUT2D eigenvalue weighted by Crippen LogP contribution is 2.29. The molecule has 0 saturated heterocycles. The van der Waals surface area contributed by atoms with Gasteiger partial charge in [0.2, 0.25) is 0 Å². The summed E-state index contributed by atoms with van der Waals surface area (Å²) in [4.78, 5) is 29.2. The van der Waals surface area contributed by atoms with Crippen molar-refractivity contribution in [3.05, 3.63) is 70.9 Å². The number of hydrogen-bond donors (Lipinski definition) is 0. The molecular formula is C25H25NO6. The highest BCUT2D eigenvalue weighted by atomic mass is 16.6. The van der Waals surface area contributed by atoms with Gasteiger partial charge < -0.3 is 18.9 Å². The number of fused-ring (bicyclic) bond motifs is 1. The number of aromatic nitrogens is 1. The van der Waals surface area contributed by atoms with Crippen LogP contribution in [-0.2, 0) is 20.9 Å². The standard InChI is InChI=1S/C25H25NO6/c1-5-8-17-11-12-21(22(13-17)29-3)31-15-23(27)32-14-20-24(25(28)30-4)16(2)18-9-6-7-10-19(18)26-20/h5-13H,14-15H2,1-4H3. The highest BCUT2D eigenvalue weighted by Gasteiger charge is 2.20. The van der Waals surface area contributed by atoms with Crippen LogP contribution >= 0.6 is 0 Å². The summed E-state index contributed by atoms with van der Waals surface area (Å²) in [6.45, 7) is 3.23. The Morgan fingerprint density at radius 1 is 1.06 bits per heavy atom. The second-order valence-corrected chi connectivity index (χ2v) is 6.93. The van der Waals surface area contributed by atoms with Crippen LogP contribution in [0.1, 0.15) is 34.1 Å². The molecule has 0 aliphatic carbocycles. The number of esters is 2. The van der Waals surface area contributed by atoms with E-state index in [4.69, 9.17) is 18.9 Å². The summed E-state index contributed by atoms with van der Waals surface area (Å²) in [7, 11) is 2.83. The van der Waals surface area contributed by atoms with Crippen molar-refractivity contribution in [1.82, 2.24) is 4.98 Å². The third-order valence-electron chi connectivity index (χ3n) is 4.88. The van der Waals surface area contributed by atoms with Crippen LogP contribution in [0.25, 0.3) is 17.0 Å². The number of hydrogen-bond acceptors (Lipinski definition) is 7. The van der Waals surface area contributed by atoms with Gasteiger partial charge in [-0.15, -0.1) is 0 Å². The Balaban J connectivity index is 1.73. The average molecular weight is 435 g/mol. The van der Waals surface area contributed by atoms with Crippen LogP contribution in [0.2, 0.25) is 0 Å². The Morgan fingerprint density at radius 3 is 2.56 bits per heavy atom. The summed E-state index contributed by atoms with van der Waals surface area (Å²) >= 11 is 0. The van der Waals surface area contributed by atoms with Crippen molar-refractivity contribution in [2.45, 2.75) is 20.5 Å². The molecule has 0 aliphatic rings. The van der Waals surface area contributed by atoms with Gasteiger partial charge in [0.1, 0.15) is 6.61 Å². The molecule has 0 unspecified atom stereocenters. The molecule has 0 atom stereocenters. The number of benzene rings is 2. The van der Waals surface area contributed by atoms with Crippen LogP contribution in [-0.4, -0.2) is 37.7 Å². The Labute approximate surface area is 186 Å². The number of para-hydroxylation sites is 1. The SMILES string of the molecule is CC=Cc1ccc(OCC(=O)OCc2nc3ccccc3c(C)c2C(=O)OC)c(OC)c1. The first kappa shape index (κ1) is 22.8. The summed E-state index contributed by atoms with van der Waals surface area (Å²) < 4.78 is 21.1. The number of methoxy groups -OCH3 is 2. The highest BCUT2D eigenvalue weighted by molar-refractivity contribution is 5.98.